The third-order valence-electron chi connectivity index (χ3n) is 5.35. The maximum Gasteiger partial charge on any atom is 0.328 e. The van der Waals surface area contributed by atoms with Gasteiger partial charge in [-0.2, -0.15) is 0 Å². The molecule has 166 valence electrons. The van der Waals surface area contributed by atoms with Crippen molar-refractivity contribution in [1.82, 2.24) is 10.6 Å². The van der Waals surface area contributed by atoms with Gasteiger partial charge in [-0.05, 0) is 36.1 Å². The van der Waals surface area contributed by atoms with Gasteiger partial charge in [-0.25, -0.2) is 4.79 Å². The van der Waals surface area contributed by atoms with Crippen molar-refractivity contribution in [3.8, 4) is 0 Å². The Morgan fingerprint density at radius 1 is 0.806 bits per heavy atom. The summed E-state index contributed by atoms with van der Waals surface area (Å²) in [4.78, 5) is 37.9. The molecule has 0 heterocycles. The molecular weight excluding hydrogens is 392 g/mol. The van der Waals surface area contributed by atoms with Gasteiger partial charge < -0.3 is 15.4 Å². The average Bonchev–Trinajstić information content (AvgIpc) is 2.80. The first-order valence-electron chi connectivity index (χ1n) is 10.7. The van der Waals surface area contributed by atoms with Crippen LogP contribution in [0.3, 0.4) is 0 Å². The number of amides is 2. The molecule has 0 saturated heterocycles. The van der Waals surface area contributed by atoms with Gasteiger partial charge in [-0.1, -0.05) is 70.5 Å². The number of carbonyl (C=O) groups excluding carboxylic acids is 3. The zero-order valence-corrected chi connectivity index (χ0v) is 18.6. The summed E-state index contributed by atoms with van der Waals surface area (Å²) in [6.45, 7) is 7.79. The first-order valence-corrected chi connectivity index (χ1v) is 10.7. The van der Waals surface area contributed by atoms with E-state index in [1.807, 2.05) is 39.8 Å². The molecule has 0 aromatic heterocycles. The predicted octanol–water partition coefficient (Wildman–Crippen LogP) is 3.83. The van der Waals surface area contributed by atoms with E-state index in [0.717, 1.165) is 0 Å². The van der Waals surface area contributed by atoms with Crippen LogP contribution in [0, 0.1) is 11.8 Å². The highest BCUT2D eigenvalue weighted by molar-refractivity contribution is 5.97. The summed E-state index contributed by atoms with van der Waals surface area (Å²) in [7, 11) is 0. The summed E-state index contributed by atoms with van der Waals surface area (Å²) in [6, 6.07) is 16.6. The van der Waals surface area contributed by atoms with Crippen LogP contribution < -0.4 is 10.6 Å². The summed E-state index contributed by atoms with van der Waals surface area (Å²) in [5, 5.41) is 5.74. The highest BCUT2D eigenvalue weighted by Crippen LogP contribution is 2.13. The number of rotatable bonds is 10. The van der Waals surface area contributed by atoms with E-state index in [9.17, 15) is 14.4 Å². The van der Waals surface area contributed by atoms with Crippen LogP contribution >= 0.6 is 0 Å². The van der Waals surface area contributed by atoms with E-state index in [2.05, 4.69) is 10.6 Å². The highest BCUT2D eigenvalue weighted by Gasteiger charge is 2.29. The third-order valence-corrected chi connectivity index (χ3v) is 5.35. The SMILES string of the molecule is CC[C@@H](C)[C@@H](NC(=O)c1ccccc1)C(=O)OC[C@@H](NC(=O)c1ccccc1)C(C)C. The number of nitrogens with one attached hydrogen (secondary N) is 2. The van der Waals surface area contributed by atoms with Gasteiger partial charge in [0.1, 0.15) is 12.6 Å². The van der Waals surface area contributed by atoms with E-state index < -0.39 is 12.0 Å². The van der Waals surface area contributed by atoms with E-state index in [1.165, 1.54) is 0 Å². The molecule has 0 aliphatic heterocycles. The molecule has 2 N–H and O–H groups in total. The maximum absolute atomic E-state index is 12.8. The Balaban J connectivity index is 2.02. The number of esters is 1. The minimum atomic E-state index is -0.768. The normalized spacial score (nSPS) is 13.7. The number of hydrogen-bond donors (Lipinski definition) is 2. The first kappa shape index (κ1) is 24.1. The monoisotopic (exact) mass is 424 g/mol. The minimum Gasteiger partial charge on any atom is -0.462 e. The van der Waals surface area contributed by atoms with Crippen molar-refractivity contribution in [2.45, 2.75) is 46.2 Å². The van der Waals surface area contributed by atoms with Crippen molar-refractivity contribution in [3.63, 3.8) is 0 Å². The van der Waals surface area contributed by atoms with E-state index in [4.69, 9.17) is 4.74 Å². The van der Waals surface area contributed by atoms with Crippen molar-refractivity contribution in [1.29, 1.82) is 0 Å². The molecule has 2 rings (SSSR count). The molecule has 3 atom stereocenters. The number of benzene rings is 2. The molecule has 0 spiro atoms. The predicted molar refractivity (Wildman–Crippen MR) is 121 cm³/mol. The van der Waals surface area contributed by atoms with Crippen molar-refractivity contribution >= 4 is 17.8 Å². The standard InChI is InChI=1S/C25H32N2O4/c1-5-18(4)22(27-24(29)20-14-10-7-11-15-20)25(30)31-16-21(17(2)3)26-23(28)19-12-8-6-9-13-19/h6-15,17-18,21-22H,5,16H2,1-4H3,(H,26,28)(H,27,29)/t18-,21-,22-/m1/s1. The molecule has 2 aromatic rings. The number of ether oxygens (including phenoxy) is 1. The van der Waals surface area contributed by atoms with E-state index >= 15 is 0 Å². The number of hydrogen-bond acceptors (Lipinski definition) is 4. The topological polar surface area (TPSA) is 84.5 Å². The zero-order valence-electron chi connectivity index (χ0n) is 18.6. The highest BCUT2D eigenvalue weighted by atomic mass is 16.5. The smallest absolute Gasteiger partial charge is 0.328 e. The zero-order chi connectivity index (χ0) is 22.8. The average molecular weight is 425 g/mol. The fourth-order valence-corrected chi connectivity index (χ4v) is 2.99. The molecule has 0 fully saturated rings. The van der Waals surface area contributed by atoms with Gasteiger partial charge in [0, 0.05) is 11.1 Å². The van der Waals surface area contributed by atoms with Crippen LogP contribution in [0.4, 0.5) is 0 Å². The third kappa shape index (κ3) is 7.24. The van der Waals surface area contributed by atoms with Crippen LogP contribution in [-0.4, -0.2) is 36.5 Å². The molecule has 6 heteroatoms. The summed E-state index contributed by atoms with van der Waals surface area (Å²) in [5.74, 6) is -1.08. The van der Waals surface area contributed by atoms with E-state index in [-0.39, 0.29) is 36.3 Å². The summed E-state index contributed by atoms with van der Waals surface area (Å²) in [6.07, 6.45) is 0.702. The summed E-state index contributed by atoms with van der Waals surface area (Å²) >= 11 is 0. The Kier molecular flexibility index (Phi) is 9.25. The second-order valence-corrected chi connectivity index (χ2v) is 8.02. The van der Waals surface area contributed by atoms with Gasteiger partial charge in [-0.3, -0.25) is 9.59 Å². The second-order valence-electron chi connectivity index (χ2n) is 8.02. The lowest BCUT2D eigenvalue weighted by atomic mass is 9.98. The van der Waals surface area contributed by atoms with Crippen LogP contribution in [0.25, 0.3) is 0 Å². The molecule has 2 amide bonds. The van der Waals surface area contributed by atoms with Crippen molar-refractivity contribution in [3.05, 3.63) is 71.8 Å². The largest absolute Gasteiger partial charge is 0.462 e. The Labute approximate surface area is 184 Å². The Bertz CT molecular complexity index is 852. The van der Waals surface area contributed by atoms with Gasteiger partial charge in [0.05, 0.1) is 6.04 Å². The lowest BCUT2D eigenvalue weighted by Crippen LogP contribution is -2.48. The molecule has 0 unspecified atom stereocenters. The molecule has 31 heavy (non-hydrogen) atoms. The van der Waals surface area contributed by atoms with Crippen molar-refractivity contribution < 1.29 is 19.1 Å². The quantitative estimate of drug-likeness (QED) is 0.568. The molecule has 0 aliphatic rings. The van der Waals surface area contributed by atoms with Gasteiger partial charge in [0.15, 0.2) is 0 Å². The van der Waals surface area contributed by atoms with E-state index in [0.29, 0.717) is 17.5 Å². The fraction of sp³-hybridized carbons (Fsp3) is 0.400. The molecule has 0 aliphatic carbocycles. The fourth-order valence-electron chi connectivity index (χ4n) is 2.99. The Hall–Kier alpha value is -3.15. The van der Waals surface area contributed by atoms with E-state index in [1.54, 1.807) is 48.5 Å². The van der Waals surface area contributed by atoms with Gasteiger partial charge in [0.25, 0.3) is 11.8 Å². The van der Waals surface area contributed by atoms with Crippen LogP contribution in [0.2, 0.25) is 0 Å². The maximum atomic E-state index is 12.8. The minimum absolute atomic E-state index is 0.0310. The molecular formula is C25H32N2O4. The summed E-state index contributed by atoms with van der Waals surface area (Å²) < 4.78 is 5.56. The lowest BCUT2D eigenvalue weighted by Gasteiger charge is -2.26. The molecule has 0 saturated carbocycles. The van der Waals surface area contributed by atoms with Gasteiger partial charge in [-0.15, -0.1) is 0 Å². The van der Waals surface area contributed by atoms with Gasteiger partial charge in [0.2, 0.25) is 0 Å². The molecule has 6 nitrogen and oxygen atoms in total. The van der Waals surface area contributed by atoms with Crippen LogP contribution in [0.1, 0.15) is 54.8 Å². The number of carbonyl (C=O) groups is 3. The van der Waals surface area contributed by atoms with Crippen LogP contribution in [0.15, 0.2) is 60.7 Å². The molecule has 0 radical (unpaired) electrons. The van der Waals surface area contributed by atoms with Gasteiger partial charge >= 0.3 is 5.97 Å². The second kappa shape index (κ2) is 11.9. The summed E-state index contributed by atoms with van der Waals surface area (Å²) in [5.41, 5.74) is 1.03. The van der Waals surface area contributed by atoms with Crippen LogP contribution in [-0.2, 0) is 9.53 Å². The molecule has 2 aromatic carbocycles. The lowest BCUT2D eigenvalue weighted by molar-refractivity contribution is -0.148. The first-order chi connectivity index (χ1) is 14.8. The van der Waals surface area contributed by atoms with Crippen molar-refractivity contribution in [2.75, 3.05) is 6.61 Å². The molecule has 0 bridgehead atoms. The Morgan fingerprint density at radius 3 is 1.74 bits per heavy atom. The van der Waals surface area contributed by atoms with Crippen LogP contribution in [0.5, 0.6) is 0 Å². The Morgan fingerprint density at radius 2 is 1.29 bits per heavy atom. The van der Waals surface area contributed by atoms with Crippen molar-refractivity contribution in [2.24, 2.45) is 11.8 Å².